The molecular formula is C14H16ClF3N2O. The van der Waals surface area contributed by atoms with Crippen LogP contribution in [0, 0.1) is 11.8 Å². The number of nitrogens with one attached hydrogen (secondary N) is 1. The first-order chi connectivity index (χ1) is 9.79. The molecule has 0 aliphatic heterocycles. The van der Waals surface area contributed by atoms with Gasteiger partial charge in [0.2, 0.25) is 5.91 Å². The second kappa shape index (κ2) is 6.13. The highest BCUT2D eigenvalue weighted by Gasteiger charge is 2.48. The molecule has 0 saturated heterocycles. The molecule has 116 valence electrons. The number of hydrogen-bond donors (Lipinski definition) is 2. The largest absolute Gasteiger partial charge is 0.399 e. The van der Waals surface area contributed by atoms with Crippen molar-refractivity contribution in [2.45, 2.75) is 31.9 Å². The van der Waals surface area contributed by atoms with E-state index in [2.05, 4.69) is 5.32 Å². The Hall–Kier alpha value is -1.43. The van der Waals surface area contributed by atoms with Crippen molar-refractivity contribution in [1.29, 1.82) is 0 Å². The van der Waals surface area contributed by atoms with E-state index < -0.39 is 23.9 Å². The molecule has 0 bridgehead atoms. The Morgan fingerprint density at radius 2 is 1.95 bits per heavy atom. The van der Waals surface area contributed by atoms with Gasteiger partial charge < -0.3 is 11.1 Å². The van der Waals surface area contributed by atoms with Crippen LogP contribution in [0.3, 0.4) is 0 Å². The van der Waals surface area contributed by atoms with Crippen LogP contribution >= 0.6 is 11.6 Å². The fourth-order valence-corrected chi connectivity index (χ4v) is 2.93. The Balaban J connectivity index is 2.14. The van der Waals surface area contributed by atoms with Crippen molar-refractivity contribution in [3.8, 4) is 0 Å². The molecule has 1 amide bonds. The lowest BCUT2D eigenvalue weighted by Gasteiger charge is -2.32. The van der Waals surface area contributed by atoms with Crippen LogP contribution in [0.4, 0.5) is 24.5 Å². The van der Waals surface area contributed by atoms with Gasteiger partial charge in [0.1, 0.15) is 0 Å². The van der Waals surface area contributed by atoms with Crippen molar-refractivity contribution in [3.05, 3.63) is 23.2 Å². The summed E-state index contributed by atoms with van der Waals surface area (Å²) in [6, 6.07) is 4.46. The van der Waals surface area contributed by atoms with Gasteiger partial charge in [0.15, 0.2) is 0 Å². The molecule has 0 aromatic heterocycles. The zero-order valence-corrected chi connectivity index (χ0v) is 12.0. The summed E-state index contributed by atoms with van der Waals surface area (Å²) >= 11 is 5.92. The molecule has 0 heterocycles. The molecule has 2 unspecified atom stereocenters. The first-order valence-corrected chi connectivity index (χ1v) is 7.09. The van der Waals surface area contributed by atoms with Gasteiger partial charge in [-0.1, -0.05) is 24.4 Å². The molecule has 1 aromatic carbocycles. The summed E-state index contributed by atoms with van der Waals surface area (Å²) in [6.45, 7) is 0. The third kappa shape index (κ3) is 3.81. The van der Waals surface area contributed by atoms with Crippen LogP contribution in [0.25, 0.3) is 0 Å². The molecule has 3 N–H and O–H groups in total. The van der Waals surface area contributed by atoms with Gasteiger partial charge in [-0.2, -0.15) is 13.2 Å². The average Bonchev–Trinajstić information content (AvgIpc) is 2.41. The van der Waals surface area contributed by atoms with Crippen molar-refractivity contribution in [2.24, 2.45) is 11.8 Å². The maximum Gasteiger partial charge on any atom is 0.392 e. The predicted octanol–water partition coefficient (Wildman–Crippen LogP) is 4.23. The van der Waals surface area contributed by atoms with Crippen LogP contribution in [0.1, 0.15) is 25.7 Å². The van der Waals surface area contributed by atoms with Gasteiger partial charge in [-0.25, -0.2) is 0 Å². The minimum atomic E-state index is -4.35. The summed E-state index contributed by atoms with van der Waals surface area (Å²) in [5.74, 6) is -3.28. The lowest BCUT2D eigenvalue weighted by atomic mass is 9.78. The fraction of sp³-hybridized carbons (Fsp3) is 0.500. The SMILES string of the molecule is Nc1ccc(NC(=O)C2CCCCC2C(F)(F)F)c(Cl)c1. The summed E-state index contributed by atoms with van der Waals surface area (Å²) in [4.78, 5) is 12.2. The van der Waals surface area contributed by atoms with Gasteiger partial charge in [0, 0.05) is 11.6 Å². The highest BCUT2D eigenvalue weighted by molar-refractivity contribution is 6.34. The Labute approximate surface area is 125 Å². The van der Waals surface area contributed by atoms with E-state index in [9.17, 15) is 18.0 Å². The maximum atomic E-state index is 13.0. The number of halogens is 4. The molecule has 7 heteroatoms. The number of rotatable bonds is 2. The second-order valence-corrected chi connectivity index (χ2v) is 5.67. The second-order valence-electron chi connectivity index (χ2n) is 5.27. The number of hydrogen-bond acceptors (Lipinski definition) is 2. The molecule has 1 saturated carbocycles. The van der Waals surface area contributed by atoms with Crippen LogP contribution in [-0.4, -0.2) is 12.1 Å². The number of benzene rings is 1. The molecule has 2 atom stereocenters. The smallest absolute Gasteiger partial charge is 0.392 e. The van der Waals surface area contributed by atoms with E-state index in [1.165, 1.54) is 18.2 Å². The van der Waals surface area contributed by atoms with Crippen molar-refractivity contribution in [1.82, 2.24) is 0 Å². The molecule has 1 aromatic rings. The average molecular weight is 321 g/mol. The molecular weight excluding hydrogens is 305 g/mol. The van der Waals surface area contributed by atoms with E-state index in [0.29, 0.717) is 18.5 Å². The van der Waals surface area contributed by atoms with Gasteiger partial charge >= 0.3 is 6.18 Å². The van der Waals surface area contributed by atoms with Crippen LogP contribution < -0.4 is 11.1 Å². The lowest BCUT2D eigenvalue weighted by Crippen LogP contribution is -2.39. The van der Waals surface area contributed by atoms with Gasteiger partial charge in [0.25, 0.3) is 0 Å². The van der Waals surface area contributed by atoms with Crippen molar-refractivity contribution < 1.29 is 18.0 Å². The fourth-order valence-electron chi connectivity index (χ4n) is 2.69. The topological polar surface area (TPSA) is 55.1 Å². The number of carbonyl (C=O) groups is 1. The molecule has 1 aliphatic carbocycles. The lowest BCUT2D eigenvalue weighted by molar-refractivity contribution is -0.197. The van der Waals surface area contributed by atoms with Crippen LogP contribution in [-0.2, 0) is 4.79 Å². The third-order valence-electron chi connectivity index (χ3n) is 3.77. The quantitative estimate of drug-likeness (QED) is 0.801. The predicted molar refractivity (Wildman–Crippen MR) is 76.0 cm³/mol. The summed E-state index contributed by atoms with van der Waals surface area (Å²) in [6.07, 6.45) is -3.00. The monoisotopic (exact) mass is 320 g/mol. The number of amides is 1. The van der Waals surface area contributed by atoms with Crippen LogP contribution in [0.2, 0.25) is 5.02 Å². The Kier molecular flexibility index (Phi) is 4.66. The minimum absolute atomic E-state index is 0.00292. The molecule has 0 radical (unpaired) electrons. The number of carbonyl (C=O) groups excluding carboxylic acids is 1. The molecule has 1 aliphatic rings. The Bertz CT molecular complexity index is 533. The number of nitrogens with two attached hydrogens (primary N) is 1. The van der Waals surface area contributed by atoms with E-state index in [-0.39, 0.29) is 23.6 Å². The summed E-state index contributed by atoms with van der Waals surface area (Å²) in [5, 5.41) is 2.69. The molecule has 2 rings (SSSR count). The third-order valence-corrected chi connectivity index (χ3v) is 4.09. The normalized spacial score (nSPS) is 22.9. The summed E-state index contributed by atoms with van der Waals surface area (Å²) in [7, 11) is 0. The van der Waals surface area contributed by atoms with Crippen LogP contribution in [0.15, 0.2) is 18.2 Å². The molecule has 1 fully saturated rings. The number of anilines is 2. The van der Waals surface area contributed by atoms with E-state index >= 15 is 0 Å². The summed E-state index contributed by atoms with van der Waals surface area (Å²) < 4.78 is 39.0. The standard InChI is InChI=1S/C14H16ClF3N2O/c15-11-7-8(19)5-6-12(11)20-13(21)9-3-1-2-4-10(9)14(16,17)18/h5-7,9-10H,1-4,19H2,(H,20,21). The zero-order valence-electron chi connectivity index (χ0n) is 11.2. The molecule has 21 heavy (non-hydrogen) atoms. The maximum absolute atomic E-state index is 13.0. The Morgan fingerprint density at radius 1 is 1.29 bits per heavy atom. The van der Waals surface area contributed by atoms with Gasteiger partial charge in [0.05, 0.1) is 16.6 Å². The summed E-state index contributed by atoms with van der Waals surface area (Å²) in [5.41, 5.74) is 6.23. The number of alkyl halides is 3. The van der Waals surface area contributed by atoms with Gasteiger partial charge in [-0.05, 0) is 31.0 Å². The first kappa shape index (κ1) is 15.9. The first-order valence-electron chi connectivity index (χ1n) is 6.71. The van der Waals surface area contributed by atoms with Crippen molar-refractivity contribution in [3.63, 3.8) is 0 Å². The van der Waals surface area contributed by atoms with E-state index in [1.54, 1.807) is 0 Å². The van der Waals surface area contributed by atoms with Gasteiger partial charge in [-0.15, -0.1) is 0 Å². The highest BCUT2D eigenvalue weighted by Crippen LogP contribution is 2.42. The minimum Gasteiger partial charge on any atom is -0.399 e. The Morgan fingerprint density at radius 3 is 2.57 bits per heavy atom. The van der Waals surface area contributed by atoms with Crippen molar-refractivity contribution in [2.75, 3.05) is 11.1 Å². The highest BCUT2D eigenvalue weighted by atomic mass is 35.5. The molecule has 0 spiro atoms. The van der Waals surface area contributed by atoms with Crippen molar-refractivity contribution >= 4 is 28.9 Å². The van der Waals surface area contributed by atoms with Crippen LogP contribution in [0.5, 0.6) is 0 Å². The van der Waals surface area contributed by atoms with E-state index in [0.717, 1.165) is 0 Å². The molecule has 3 nitrogen and oxygen atoms in total. The van der Waals surface area contributed by atoms with E-state index in [1.807, 2.05) is 0 Å². The van der Waals surface area contributed by atoms with Gasteiger partial charge in [-0.3, -0.25) is 4.79 Å². The number of nitrogen functional groups attached to an aromatic ring is 1. The zero-order chi connectivity index (χ0) is 15.6. The van der Waals surface area contributed by atoms with E-state index in [4.69, 9.17) is 17.3 Å².